The highest BCUT2D eigenvalue weighted by Gasteiger charge is 1.97. The molecule has 0 aliphatic heterocycles. The molecule has 0 spiro atoms. The van der Waals surface area contributed by atoms with Crippen molar-refractivity contribution in [2.75, 3.05) is 19.0 Å². The van der Waals surface area contributed by atoms with E-state index in [0.29, 0.717) is 4.47 Å². The average molecular weight is 318 g/mol. The van der Waals surface area contributed by atoms with Crippen molar-refractivity contribution < 1.29 is 5.11 Å². The van der Waals surface area contributed by atoms with Gasteiger partial charge in [0.05, 0.1) is 4.47 Å². The molecule has 19 heavy (non-hydrogen) atoms. The fraction of sp³-hybridized carbons (Fsp3) is 0.125. The summed E-state index contributed by atoms with van der Waals surface area (Å²) in [6.45, 7) is 0. The zero-order valence-electron chi connectivity index (χ0n) is 11.0. The third kappa shape index (κ3) is 3.61. The molecule has 0 saturated heterocycles. The van der Waals surface area contributed by atoms with Crippen LogP contribution in [-0.2, 0) is 0 Å². The summed E-state index contributed by atoms with van der Waals surface area (Å²) < 4.78 is 0.706. The quantitative estimate of drug-likeness (QED) is 0.849. The van der Waals surface area contributed by atoms with Crippen LogP contribution in [0.2, 0.25) is 0 Å². The minimum absolute atomic E-state index is 0.257. The normalized spacial score (nSPS) is 10.9. The Morgan fingerprint density at radius 2 is 1.53 bits per heavy atom. The summed E-state index contributed by atoms with van der Waals surface area (Å²) in [4.78, 5) is 2.07. The van der Waals surface area contributed by atoms with E-state index in [1.54, 1.807) is 6.07 Å². The summed E-state index contributed by atoms with van der Waals surface area (Å²) in [6.07, 6.45) is 4.08. The van der Waals surface area contributed by atoms with Crippen LogP contribution in [0, 0.1) is 0 Å². The molecule has 0 heterocycles. The van der Waals surface area contributed by atoms with E-state index in [4.69, 9.17) is 0 Å². The summed E-state index contributed by atoms with van der Waals surface area (Å²) in [5.74, 6) is 0.257. The maximum atomic E-state index is 9.44. The molecular weight excluding hydrogens is 302 g/mol. The second-order valence-corrected chi connectivity index (χ2v) is 5.38. The lowest BCUT2D eigenvalue weighted by molar-refractivity contribution is 0.472. The lowest BCUT2D eigenvalue weighted by atomic mass is 10.1. The third-order valence-corrected chi connectivity index (χ3v) is 3.48. The van der Waals surface area contributed by atoms with Crippen LogP contribution in [0.1, 0.15) is 11.1 Å². The summed E-state index contributed by atoms with van der Waals surface area (Å²) in [6, 6.07) is 13.8. The highest BCUT2D eigenvalue weighted by Crippen LogP contribution is 2.25. The molecule has 2 rings (SSSR count). The first-order chi connectivity index (χ1) is 9.06. The molecule has 2 aromatic carbocycles. The van der Waals surface area contributed by atoms with Gasteiger partial charge >= 0.3 is 0 Å². The maximum absolute atomic E-state index is 9.44. The minimum atomic E-state index is 0.257. The summed E-state index contributed by atoms with van der Waals surface area (Å²) >= 11 is 3.31. The van der Waals surface area contributed by atoms with Crippen LogP contribution in [-0.4, -0.2) is 19.2 Å². The van der Waals surface area contributed by atoms with E-state index >= 15 is 0 Å². The minimum Gasteiger partial charge on any atom is -0.507 e. The molecule has 2 nitrogen and oxygen atoms in total. The van der Waals surface area contributed by atoms with Crippen molar-refractivity contribution in [2.24, 2.45) is 0 Å². The highest BCUT2D eigenvalue weighted by molar-refractivity contribution is 9.10. The van der Waals surface area contributed by atoms with Gasteiger partial charge in [-0.25, -0.2) is 0 Å². The first-order valence-corrected chi connectivity index (χ1v) is 6.79. The second-order valence-electron chi connectivity index (χ2n) is 4.53. The lowest BCUT2D eigenvalue weighted by Crippen LogP contribution is -2.07. The number of halogens is 1. The Bertz CT molecular complexity index is 588. The SMILES string of the molecule is CN(C)c1ccc(/C=C/c2ccc(O)c(Br)c2)cc1. The standard InChI is InChI=1S/C16H16BrNO/c1-18(2)14-8-5-12(6-9-14)3-4-13-7-10-16(19)15(17)11-13/h3-11,19H,1-2H3/b4-3+. The van der Waals surface area contributed by atoms with Gasteiger partial charge in [-0.15, -0.1) is 0 Å². The number of hydrogen-bond donors (Lipinski definition) is 1. The number of benzene rings is 2. The Balaban J connectivity index is 2.15. The van der Waals surface area contributed by atoms with E-state index in [1.165, 1.54) is 5.69 Å². The molecule has 0 aliphatic carbocycles. The van der Waals surface area contributed by atoms with Gasteiger partial charge in [-0.1, -0.05) is 30.4 Å². The fourth-order valence-corrected chi connectivity index (χ4v) is 2.10. The summed E-state index contributed by atoms with van der Waals surface area (Å²) in [5, 5.41) is 9.44. The van der Waals surface area contributed by atoms with Gasteiger partial charge < -0.3 is 10.0 Å². The van der Waals surface area contributed by atoms with Crippen molar-refractivity contribution in [3.63, 3.8) is 0 Å². The Morgan fingerprint density at radius 3 is 2.11 bits per heavy atom. The van der Waals surface area contributed by atoms with Crippen molar-refractivity contribution in [1.29, 1.82) is 0 Å². The van der Waals surface area contributed by atoms with Crippen LogP contribution in [0.5, 0.6) is 5.75 Å². The van der Waals surface area contributed by atoms with E-state index in [2.05, 4.69) is 51.2 Å². The van der Waals surface area contributed by atoms with Crippen molar-refractivity contribution >= 4 is 33.8 Å². The first-order valence-electron chi connectivity index (χ1n) is 6.00. The molecule has 0 bridgehead atoms. The molecule has 1 N–H and O–H groups in total. The molecule has 2 aromatic rings. The number of nitrogens with zero attached hydrogens (tertiary/aromatic N) is 1. The Labute approximate surface area is 122 Å². The number of phenolic OH excluding ortho intramolecular Hbond substituents is 1. The van der Waals surface area contributed by atoms with E-state index in [-0.39, 0.29) is 5.75 Å². The monoisotopic (exact) mass is 317 g/mol. The van der Waals surface area contributed by atoms with Crippen molar-refractivity contribution in [2.45, 2.75) is 0 Å². The topological polar surface area (TPSA) is 23.5 Å². The van der Waals surface area contributed by atoms with Crippen LogP contribution >= 0.6 is 15.9 Å². The van der Waals surface area contributed by atoms with E-state index < -0.39 is 0 Å². The van der Waals surface area contributed by atoms with Gasteiger partial charge in [0.15, 0.2) is 0 Å². The predicted octanol–water partition coefficient (Wildman–Crippen LogP) is 4.39. The number of anilines is 1. The van der Waals surface area contributed by atoms with Gasteiger partial charge in [0.1, 0.15) is 5.75 Å². The smallest absolute Gasteiger partial charge is 0.129 e. The number of aromatic hydroxyl groups is 1. The molecule has 98 valence electrons. The predicted molar refractivity (Wildman–Crippen MR) is 85.5 cm³/mol. The molecular formula is C16H16BrNO. The van der Waals surface area contributed by atoms with Gasteiger partial charge in [-0.05, 0) is 51.3 Å². The van der Waals surface area contributed by atoms with Gasteiger partial charge in [-0.3, -0.25) is 0 Å². The maximum Gasteiger partial charge on any atom is 0.129 e. The van der Waals surface area contributed by atoms with E-state index in [0.717, 1.165) is 11.1 Å². The number of rotatable bonds is 3. The Morgan fingerprint density at radius 1 is 0.947 bits per heavy atom. The molecule has 0 atom stereocenters. The molecule has 0 fully saturated rings. The highest BCUT2D eigenvalue weighted by atomic mass is 79.9. The lowest BCUT2D eigenvalue weighted by Gasteiger charge is -2.11. The largest absolute Gasteiger partial charge is 0.507 e. The van der Waals surface area contributed by atoms with Gasteiger partial charge in [-0.2, -0.15) is 0 Å². The molecule has 0 unspecified atom stereocenters. The second kappa shape index (κ2) is 5.93. The number of hydrogen-bond acceptors (Lipinski definition) is 2. The van der Waals surface area contributed by atoms with Gasteiger partial charge in [0.2, 0.25) is 0 Å². The molecule has 3 heteroatoms. The first kappa shape index (κ1) is 13.7. The van der Waals surface area contributed by atoms with Crippen LogP contribution < -0.4 is 4.90 Å². The molecule has 0 aliphatic rings. The summed E-state index contributed by atoms with van der Waals surface area (Å²) in [7, 11) is 4.05. The molecule has 0 amide bonds. The average Bonchev–Trinajstić information content (AvgIpc) is 2.40. The van der Waals surface area contributed by atoms with Crippen LogP contribution in [0.15, 0.2) is 46.9 Å². The Kier molecular flexibility index (Phi) is 4.27. The van der Waals surface area contributed by atoms with Gasteiger partial charge in [0, 0.05) is 19.8 Å². The third-order valence-electron chi connectivity index (χ3n) is 2.85. The molecule has 0 radical (unpaired) electrons. The van der Waals surface area contributed by atoms with Gasteiger partial charge in [0.25, 0.3) is 0 Å². The van der Waals surface area contributed by atoms with Crippen molar-refractivity contribution in [1.82, 2.24) is 0 Å². The fourth-order valence-electron chi connectivity index (χ4n) is 1.70. The van der Waals surface area contributed by atoms with Crippen molar-refractivity contribution in [3.8, 4) is 5.75 Å². The van der Waals surface area contributed by atoms with E-state index in [9.17, 15) is 5.11 Å². The zero-order valence-corrected chi connectivity index (χ0v) is 12.6. The Hall–Kier alpha value is -1.74. The molecule has 0 aromatic heterocycles. The van der Waals surface area contributed by atoms with Crippen LogP contribution in [0.3, 0.4) is 0 Å². The zero-order chi connectivity index (χ0) is 13.8. The number of phenols is 1. The summed E-state index contributed by atoms with van der Waals surface area (Å²) in [5.41, 5.74) is 3.38. The van der Waals surface area contributed by atoms with E-state index in [1.807, 2.05) is 32.3 Å². The molecule has 0 saturated carbocycles. The van der Waals surface area contributed by atoms with Crippen LogP contribution in [0.25, 0.3) is 12.2 Å². The van der Waals surface area contributed by atoms with Crippen LogP contribution in [0.4, 0.5) is 5.69 Å². The van der Waals surface area contributed by atoms with Crippen molar-refractivity contribution in [3.05, 3.63) is 58.1 Å².